The molecule has 0 radical (unpaired) electrons. The average molecular weight is 294 g/mol. The van der Waals surface area contributed by atoms with E-state index in [4.69, 9.17) is 4.42 Å². The molecule has 5 heteroatoms. The molecule has 19 heavy (non-hydrogen) atoms. The Bertz CT molecular complexity index is 634. The highest BCUT2D eigenvalue weighted by Gasteiger charge is 2.13. The number of thiol groups is 1. The lowest BCUT2D eigenvalue weighted by Crippen LogP contribution is -2.11. The quantitative estimate of drug-likeness (QED) is 0.522. The van der Waals surface area contributed by atoms with Gasteiger partial charge in [-0.2, -0.15) is 12.6 Å². The number of carbonyl (C=O) groups excluding carboxylic acids is 1. The van der Waals surface area contributed by atoms with E-state index in [1.165, 1.54) is 0 Å². The van der Waals surface area contributed by atoms with Gasteiger partial charge in [0.15, 0.2) is 0 Å². The third-order valence-corrected chi connectivity index (χ3v) is 3.94. The van der Waals surface area contributed by atoms with Gasteiger partial charge in [-0.05, 0) is 30.7 Å². The summed E-state index contributed by atoms with van der Waals surface area (Å²) in [7, 11) is 0. The molecule has 1 aromatic carbocycles. The van der Waals surface area contributed by atoms with Crippen molar-refractivity contribution in [1.29, 1.82) is 0 Å². The molecule has 0 aliphatic carbocycles. The number of benzene rings is 1. The van der Waals surface area contributed by atoms with Crippen molar-refractivity contribution in [3.05, 3.63) is 46.3 Å². The molecular formula is C14H14O3S2. The van der Waals surface area contributed by atoms with Crippen LogP contribution in [0.1, 0.15) is 23.2 Å². The molecule has 2 rings (SSSR count). The van der Waals surface area contributed by atoms with Gasteiger partial charge in [0.25, 0.3) is 0 Å². The summed E-state index contributed by atoms with van der Waals surface area (Å²) in [6, 6.07) is 8.77. The van der Waals surface area contributed by atoms with Gasteiger partial charge in [0.1, 0.15) is 11.1 Å². The zero-order chi connectivity index (χ0) is 13.7. The van der Waals surface area contributed by atoms with Crippen molar-refractivity contribution in [2.24, 2.45) is 0 Å². The van der Waals surface area contributed by atoms with Gasteiger partial charge >= 0.3 is 5.63 Å². The van der Waals surface area contributed by atoms with Crippen LogP contribution in [0.4, 0.5) is 0 Å². The maximum absolute atomic E-state index is 12.0. The highest BCUT2D eigenvalue weighted by Crippen LogP contribution is 2.17. The number of carbonyl (C=O) groups is 1. The molecule has 0 aliphatic rings. The fourth-order valence-corrected chi connectivity index (χ4v) is 2.72. The molecule has 100 valence electrons. The Morgan fingerprint density at radius 2 is 2.05 bits per heavy atom. The second-order valence-corrected chi connectivity index (χ2v) is 5.57. The molecule has 0 aliphatic heterocycles. The van der Waals surface area contributed by atoms with E-state index in [-0.39, 0.29) is 10.7 Å². The molecule has 0 saturated carbocycles. The van der Waals surface area contributed by atoms with Gasteiger partial charge in [-0.3, -0.25) is 4.79 Å². The van der Waals surface area contributed by atoms with E-state index in [0.29, 0.717) is 11.3 Å². The zero-order valence-electron chi connectivity index (χ0n) is 10.3. The maximum Gasteiger partial charge on any atom is 0.348 e. The van der Waals surface area contributed by atoms with Crippen LogP contribution in [-0.2, 0) is 0 Å². The number of hydrogen-bond acceptors (Lipinski definition) is 5. The number of rotatable bonds is 5. The maximum atomic E-state index is 12.0. The number of fused-ring (bicyclic) bond motifs is 1. The highest BCUT2D eigenvalue weighted by atomic mass is 32.2. The van der Waals surface area contributed by atoms with E-state index in [2.05, 4.69) is 12.6 Å². The lowest BCUT2D eigenvalue weighted by Gasteiger charge is -2.01. The van der Waals surface area contributed by atoms with Crippen LogP contribution in [0.2, 0.25) is 0 Å². The number of unbranched alkanes of at least 4 members (excludes halogenated alkanes) is 1. The van der Waals surface area contributed by atoms with Crippen molar-refractivity contribution in [3.8, 4) is 0 Å². The zero-order valence-corrected chi connectivity index (χ0v) is 12.0. The third-order valence-electron chi connectivity index (χ3n) is 2.65. The summed E-state index contributed by atoms with van der Waals surface area (Å²) in [5.41, 5.74) is 0.0593. The third kappa shape index (κ3) is 3.64. The molecule has 1 heterocycles. The number of para-hydroxylation sites is 1. The van der Waals surface area contributed by atoms with Gasteiger partial charge in [0.2, 0.25) is 5.12 Å². The fourth-order valence-electron chi connectivity index (χ4n) is 1.66. The SMILES string of the molecule is O=C(SCCCCS)c1cc2ccccc2oc1=O. The number of hydrogen-bond donors (Lipinski definition) is 1. The normalized spacial score (nSPS) is 10.8. The largest absolute Gasteiger partial charge is 0.422 e. The molecule has 3 nitrogen and oxygen atoms in total. The smallest absolute Gasteiger partial charge is 0.348 e. The summed E-state index contributed by atoms with van der Waals surface area (Å²) in [5.74, 6) is 1.51. The van der Waals surface area contributed by atoms with Crippen LogP contribution in [0.15, 0.2) is 39.5 Å². The van der Waals surface area contributed by atoms with Crippen LogP contribution in [0.25, 0.3) is 11.0 Å². The molecule has 0 unspecified atom stereocenters. The topological polar surface area (TPSA) is 47.3 Å². The summed E-state index contributed by atoms with van der Waals surface area (Å²) in [6.07, 6.45) is 1.88. The molecule has 0 bridgehead atoms. The second-order valence-electron chi connectivity index (χ2n) is 4.05. The molecule has 0 spiro atoms. The van der Waals surface area contributed by atoms with Gasteiger partial charge in [0, 0.05) is 11.1 Å². The molecule has 0 atom stereocenters. The first-order valence-electron chi connectivity index (χ1n) is 6.03. The molecule has 0 saturated heterocycles. The van der Waals surface area contributed by atoms with E-state index in [1.54, 1.807) is 18.2 Å². The lowest BCUT2D eigenvalue weighted by atomic mass is 10.2. The van der Waals surface area contributed by atoms with Crippen LogP contribution < -0.4 is 5.63 Å². The summed E-state index contributed by atoms with van der Waals surface area (Å²) in [4.78, 5) is 23.7. The van der Waals surface area contributed by atoms with E-state index < -0.39 is 5.63 Å². The fraction of sp³-hybridized carbons (Fsp3) is 0.286. The van der Waals surface area contributed by atoms with E-state index in [1.807, 2.05) is 12.1 Å². The van der Waals surface area contributed by atoms with E-state index in [9.17, 15) is 9.59 Å². The minimum Gasteiger partial charge on any atom is -0.422 e. The van der Waals surface area contributed by atoms with E-state index >= 15 is 0 Å². The van der Waals surface area contributed by atoms with Gasteiger partial charge < -0.3 is 4.42 Å². The van der Waals surface area contributed by atoms with Crippen LogP contribution in [0.5, 0.6) is 0 Å². The van der Waals surface area contributed by atoms with Crippen molar-refractivity contribution in [2.75, 3.05) is 11.5 Å². The molecule has 0 fully saturated rings. The van der Waals surface area contributed by atoms with Gasteiger partial charge in [-0.15, -0.1) is 0 Å². The Kier molecular flexibility index (Phi) is 5.10. The highest BCUT2D eigenvalue weighted by molar-refractivity contribution is 8.14. The van der Waals surface area contributed by atoms with Crippen LogP contribution in [0, 0.1) is 0 Å². The molecule has 2 aromatic rings. The molecule has 1 aromatic heterocycles. The average Bonchev–Trinajstić information content (AvgIpc) is 2.42. The molecule has 0 N–H and O–H groups in total. The predicted molar refractivity (Wildman–Crippen MR) is 82.4 cm³/mol. The summed E-state index contributed by atoms with van der Waals surface area (Å²) in [6.45, 7) is 0. The lowest BCUT2D eigenvalue weighted by molar-refractivity contribution is 0.108. The van der Waals surface area contributed by atoms with Crippen molar-refractivity contribution < 1.29 is 9.21 Å². The first kappa shape index (κ1) is 14.2. The Balaban J connectivity index is 2.17. The Morgan fingerprint density at radius 1 is 1.26 bits per heavy atom. The van der Waals surface area contributed by atoms with Gasteiger partial charge in [-0.1, -0.05) is 30.0 Å². The van der Waals surface area contributed by atoms with Crippen LogP contribution in [0.3, 0.4) is 0 Å². The first-order chi connectivity index (χ1) is 9.22. The summed E-state index contributed by atoms with van der Waals surface area (Å²) in [5, 5.41) is 0.542. The molecule has 0 amide bonds. The monoisotopic (exact) mass is 294 g/mol. The minimum atomic E-state index is -0.564. The Labute approximate surface area is 120 Å². The summed E-state index contributed by atoms with van der Waals surface area (Å²) < 4.78 is 5.14. The van der Waals surface area contributed by atoms with Gasteiger partial charge in [-0.25, -0.2) is 4.79 Å². The van der Waals surface area contributed by atoms with Crippen LogP contribution >= 0.6 is 24.4 Å². The minimum absolute atomic E-state index is 0.120. The first-order valence-corrected chi connectivity index (χ1v) is 7.65. The van der Waals surface area contributed by atoms with Crippen molar-refractivity contribution in [2.45, 2.75) is 12.8 Å². The Morgan fingerprint density at radius 3 is 2.84 bits per heavy atom. The number of thioether (sulfide) groups is 1. The Hall–Kier alpha value is -1.20. The van der Waals surface area contributed by atoms with Crippen molar-refractivity contribution in [3.63, 3.8) is 0 Å². The standard InChI is InChI=1S/C14H14O3S2/c15-13-11(14(16)19-8-4-3-7-18)9-10-5-1-2-6-12(10)17-13/h1-2,5-6,9,18H,3-4,7-8H2. The van der Waals surface area contributed by atoms with Crippen molar-refractivity contribution >= 4 is 40.5 Å². The molecular weight excluding hydrogens is 280 g/mol. The second kappa shape index (κ2) is 6.82. The van der Waals surface area contributed by atoms with Gasteiger partial charge in [0.05, 0.1) is 0 Å². The van der Waals surface area contributed by atoms with Crippen molar-refractivity contribution in [1.82, 2.24) is 0 Å². The predicted octanol–water partition coefficient (Wildman–Crippen LogP) is 3.38. The summed E-state index contributed by atoms with van der Waals surface area (Å²) >= 11 is 5.27. The van der Waals surface area contributed by atoms with E-state index in [0.717, 1.165) is 35.7 Å². The van der Waals surface area contributed by atoms with Crippen LogP contribution in [-0.4, -0.2) is 16.6 Å².